The quantitative estimate of drug-likeness (QED) is 0.737. The lowest BCUT2D eigenvalue weighted by molar-refractivity contribution is -0.135. The number of carboxylic acid groups (broad SMARTS) is 1. The van der Waals surface area contributed by atoms with E-state index < -0.39 is 5.97 Å². The van der Waals surface area contributed by atoms with Crippen LogP contribution in [0, 0.1) is 6.92 Å². The molecule has 1 N–H and O–H groups in total. The second-order valence-electron chi connectivity index (χ2n) is 2.67. The summed E-state index contributed by atoms with van der Waals surface area (Å²) >= 11 is 1.37. The molecule has 5 nitrogen and oxygen atoms in total. The van der Waals surface area contributed by atoms with E-state index in [4.69, 9.17) is 5.11 Å². The molecule has 0 atom stereocenters. The average Bonchev–Trinajstić information content (AvgIpc) is 2.50. The minimum absolute atomic E-state index is 0.0827. The lowest BCUT2D eigenvalue weighted by Crippen LogP contribution is -2.29. The second-order valence-corrected chi connectivity index (χ2v) is 3.83. The van der Waals surface area contributed by atoms with Gasteiger partial charge in [-0.25, -0.2) is 0 Å². The molecule has 0 radical (unpaired) electrons. The highest BCUT2D eigenvalue weighted by molar-refractivity contribution is 7.15. The van der Waals surface area contributed by atoms with E-state index in [9.17, 15) is 4.79 Å². The molecule has 76 valence electrons. The Morgan fingerprint density at radius 2 is 2.43 bits per heavy atom. The fourth-order valence-electron chi connectivity index (χ4n) is 0.943. The van der Waals surface area contributed by atoms with Gasteiger partial charge in [0, 0.05) is 6.54 Å². The van der Waals surface area contributed by atoms with Crippen molar-refractivity contribution in [2.24, 2.45) is 0 Å². The maximum absolute atomic E-state index is 10.5. The SMILES string of the molecule is C=CCN(CC(=O)O)c1nnc(C)s1. The summed E-state index contributed by atoms with van der Waals surface area (Å²) in [5, 5.41) is 17.8. The summed E-state index contributed by atoms with van der Waals surface area (Å²) in [4.78, 5) is 12.2. The van der Waals surface area contributed by atoms with Gasteiger partial charge in [-0.15, -0.1) is 16.8 Å². The van der Waals surface area contributed by atoms with E-state index in [1.54, 1.807) is 11.0 Å². The Morgan fingerprint density at radius 3 is 2.86 bits per heavy atom. The van der Waals surface area contributed by atoms with Gasteiger partial charge in [0.2, 0.25) is 5.13 Å². The van der Waals surface area contributed by atoms with Crippen LogP contribution >= 0.6 is 11.3 Å². The van der Waals surface area contributed by atoms with E-state index in [1.165, 1.54) is 11.3 Å². The number of aromatic nitrogens is 2. The van der Waals surface area contributed by atoms with Crippen molar-refractivity contribution in [1.29, 1.82) is 0 Å². The van der Waals surface area contributed by atoms with E-state index in [-0.39, 0.29) is 6.54 Å². The Labute approximate surface area is 85.7 Å². The smallest absolute Gasteiger partial charge is 0.323 e. The normalized spacial score (nSPS) is 9.79. The summed E-state index contributed by atoms with van der Waals surface area (Å²) in [5.74, 6) is -0.889. The third-order valence-corrected chi connectivity index (χ3v) is 2.36. The maximum atomic E-state index is 10.5. The predicted molar refractivity (Wildman–Crippen MR) is 54.7 cm³/mol. The Bertz CT molecular complexity index is 337. The topological polar surface area (TPSA) is 66.3 Å². The molecule has 0 aliphatic rings. The summed E-state index contributed by atoms with van der Waals surface area (Å²) in [5.41, 5.74) is 0. The molecule has 0 bridgehead atoms. The van der Waals surface area contributed by atoms with Gasteiger partial charge in [0.05, 0.1) is 0 Å². The summed E-state index contributed by atoms with van der Waals surface area (Å²) in [6.45, 7) is 5.77. The zero-order chi connectivity index (χ0) is 10.6. The lowest BCUT2D eigenvalue weighted by atomic mass is 10.5. The summed E-state index contributed by atoms with van der Waals surface area (Å²) < 4.78 is 0. The van der Waals surface area contributed by atoms with E-state index in [2.05, 4.69) is 16.8 Å². The van der Waals surface area contributed by atoms with Crippen LogP contribution in [0.5, 0.6) is 0 Å². The molecule has 0 unspecified atom stereocenters. The van der Waals surface area contributed by atoms with Crippen LogP contribution in [0.2, 0.25) is 0 Å². The van der Waals surface area contributed by atoms with Crippen LogP contribution in [0.15, 0.2) is 12.7 Å². The van der Waals surface area contributed by atoms with E-state index in [0.717, 1.165) is 5.01 Å². The number of nitrogens with zero attached hydrogens (tertiary/aromatic N) is 3. The van der Waals surface area contributed by atoms with E-state index in [1.807, 2.05) is 6.92 Å². The van der Waals surface area contributed by atoms with Crippen LogP contribution in [-0.4, -0.2) is 34.4 Å². The number of hydrogen-bond acceptors (Lipinski definition) is 5. The third kappa shape index (κ3) is 2.81. The molecule has 0 saturated heterocycles. The van der Waals surface area contributed by atoms with Crippen molar-refractivity contribution in [2.75, 3.05) is 18.0 Å². The first-order valence-corrected chi connectivity index (χ1v) is 4.83. The molecule has 0 aliphatic carbocycles. The van der Waals surface area contributed by atoms with Crippen LogP contribution in [0.1, 0.15) is 5.01 Å². The van der Waals surface area contributed by atoms with E-state index >= 15 is 0 Å². The Hall–Kier alpha value is -1.43. The number of carboxylic acids is 1. The van der Waals surface area contributed by atoms with Gasteiger partial charge < -0.3 is 10.0 Å². The first kappa shape index (κ1) is 10.6. The molecule has 0 fully saturated rings. The predicted octanol–water partition coefficient (Wildman–Crippen LogP) is 0.924. The fraction of sp³-hybridized carbons (Fsp3) is 0.375. The summed E-state index contributed by atoms with van der Waals surface area (Å²) in [6, 6.07) is 0. The molecule has 6 heteroatoms. The van der Waals surface area contributed by atoms with Crippen LogP contribution in [0.25, 0.3) is 0 Å². The average molecular weight is 213 g/mol. The monoisotopic (exact) mass is 213 g/mol. The number of rotatable bonds is 5. The molecule has 1 heterocycles. The van der Waals surface area contributed by atoms with Crippen LogP contribution in [0.4, 0.5) is 5.13 Å². The molecule has 1 aromatic rings. The van der Waals surface area contributed by atoms with Gasteiger partial charge >= 0.3 is 5.97 Å². The third-order valence-electron chi connectivity index (χ3n) is 1.46. The van der Waals surface area contributed by atoms with Gasteiger partial charge in [0.15, 0.2) is 0 Å². The highest BCUT2D eigenvalue weighted by atomic mass is 32.1. The van der Waals surface area contributed by atoms with E-state index in [0.29, 0.717) is 11.7 Å². The standard InChI is InChI=1S/C8H11N3O2S/c1-3-4-11(5-7(12)13)8-10-9-6(2)14-8/h3H,1,4-5H2,2H3,(H,12,13). The highest BCUT2D eigenvalue weighted by Gasteiger charge is 2.12. The molecule has 0 saturated carbocycles. The van der Waals surface area contributed by atoms with Crippen molar-refractivity contribution in [3.05, 3.63) is 17.7 Å². The Kier molecular flexibility index (Phi) is 3.58. The first-order chi connectivity index (χ1) is 6.63. The second kappa shape index (κ2) is 4.71. The first-order valence-electron chi connectivity index (χ1n) is 4.01. The fourth-order valence-corrected chi connectivity index (χ4v) is 1.64. The summed E-state index contributed by atoms with van der Waals surface area (Å²) in [7, 11) is 0. The Balaban J connectivity index is 2.76. The number of aryl methyl sites for hydroxylation is 1. The lowest BCUT2D eigenvalue weighted by Gasteiger charge is -2.15. The number of hydrogen-bond donors (Lipinski definition) is 1. The molecule has 0 amide bonds. The zero-order valence-electron chi connectivity index (χ0n) is 7.80. The van der Waals surface area contributed by atoms with Crippen molar-refractivity contribution in [1.82, 2.24) is 10.2 Å². The number of carbonyl (C=O) groups is 1. The van der Waals surface area contributed by atoms with Gasteiger partial charge in [-0.1, -0.05) is 17.4 Å². The molecule has 0 aliphatic heterocycles. The Morgan fingerprint density at radius 1 is 1.71 bits per heavy atom. The van der Waals surface area contributed by atoms with Crippen LogP contribution < -0.4 is 4.90 Å². The minimum Gasteiger partial charge on any atom is -0.480 e. The van der Waals surface area contributed by atoms with Crippen LogP contribution in [-0.2, 0) is 4.79 Å². The van der Waals surface area contributed by atoms with Gasteiger partial charge in [0.1, 0.15) is 11.6 Å². The van der Waals surface area contributed by atoms with Gasteiger partial charge in [-0.05, 0) is 6.92 Å². The molecule has 0 aromatic carbocycles. The summed E-state index contributed by atoms with van der Waals surface area (Å²) in [6.07, 6.45) is 1.64. The molecule has 1 aromatic heterocycles. The maximum Gasteiger partial charge on any atom is 0.323 e. The van der Waals surface area contributed by atoms with Crippen LogP contribution in [0.3, 0.4) is 0 Å². The minimum atomic E-state index is -0.889. The molecular weight excluding hydrogens is 202 g/mol. The van der Waals surface area contributed by atoms with Gasteiger partial charge in [0.25, 0.3) is 0 Å². The van der Waals surface area contributed by atoms with Crippen molar-refractivity contribution < 1.29 is 9.90 Å². The van der Waals surface area contributed by atoms with Crippen molar-refractivity contribution in [2.45, 2.75) is 6.92 Å². The molecule has 1 rings (SSSR count). The highest BCUT2D eigenvalue weighted by Crippen LogP contribution is 2.18. The molecular formula is C8H11N3O2S. The largest absolute Gasteiger partial charge is 0.480 e. The van der Waals surface area contributed by atoms with Crippen molar-refractivity contribution in [3.8, 4) is 0 Å². The van der Waals surface area contributed by atoms with Crippen molar-refractivity contribution >= 4 is 22.4 Å². The van der Waals surface area contributed by atoms with Gasteiger partial charge in [-0.3, -0.25) is 4.79 Å². The molecule has 14 heavy (non-hydrogen) atoms. The molecule has 0 spiro atoms. The van der Waals surface area contributed by atoms with Gasteiger partial charge in [-0.2, -0.15) is 0 Å². The zero-order valence-corrected chi connectivity index (χ0v) is 8.62. The number of aliphatic carboxylic acids is 1. The number of anilines is 1. The van der Waals surface area contributed by atoms with Crippen molar-refractivity contribution in [3.63, 3.8) is 0 Å².